The fourth-order valence-corrected chi connectivity index (χ4v) is 1.93. The van der Waals surface area contributed by atoms with Crippen LogP contribution in [-0.4, -0.2) is 12.5 Å². The minimum atomic E-state index is -0.210. The number of amides is 1. The predicted molar refractivity (Wildman–Crippen MR) is 85.5 cm³/mol. The fourth-order valence-electron chi connectivity index (χ4n) is 1.93. The van der Waals surface area contributed by atoms with Crippen LogP contribution in [0.4, 0.5) is 11.4 Å². The highest BCUT2D eigenvalue weighted by molar-refractivity contribution is 5.91. The monoisotopic (exact) mass is 284 g/mol. The van der Waals surface area contributed by atoms with E-state index in [1.807, 2.05) is 43.3 Å². The van der Waals surface area contributed by atoms with Crippen molar-refractivity contribution >= 4 is 17.3 Å². The number of carbonyl (C=O) groups is 1. The molecule has 1 amide bonds. The number of nitrogen functional groups attached to an aromatic ring is 1. The standard InChI is InChI=1S/C17H20N2O2/c1-3-13-6-9-16(15(18)10-13)21-11-17(20)19-14-7-4-12(2)5-8-14/h4-10H,3,11,18H2,1-2H3,(H,19,20). The molecule has 0 heterocycles. The topological polar surface area (TPSA) is 64.3 Å². The maximum atomic E-state index is 11.8. The third-order valence-corrected chi connectivity index (χ3v) is 3.18. The summed E-state index contributed by atoms with van der Waals surface area (Å²) in [7, 11) is 0. The van der Waals surface area contributed by atoms with Crippen LogP contribution in [0.5, 0.6) is 5.75 Å². The molecule has 0 aliphatic heterocycles. The number of nitrogens with two attached hydrogens (primary N) is 1. The van der Waals surface area contributed by atoms with E-state index in [-0.39, 0.29) is 12.5 Å². The lowest BCUT2D eigenvalue weighted by atomic mass is 10.1. The molecular weight excluding hydrogens is 264 g/mol. The molecule has 0 saturated heterocycles. The van der Waals surface area contributed by atoms with E-state index in [1.54, 1.807) is 6.07 Å². The molecule has 21 heavy (non-hydrogen) atoms. The summed E-state index contributed by atoms with van der Waals surface area (Å²) in [4.78, 5) is 11.8. The molecule has 0 spiro atoms. The molecule has 0 unspecified atom stereocenters. The van der Waals surface area contributed by atoms with Crippen LogP contribution in [0.1, 0.15) is 18.1 Å². The molecule has 0 aromatic heterocycles. The van der Waals surface area contributed by atoms with Crippen molar-refractivity contribution in [3.8, 4) is 5.75 Å². The molecule has 110 valence electrons. The van der Waals surface area contributed by atoms with Crippen molar-refractivity contribution in [2.45, 2.75) is 20.3 Å². The third kappa shape index (κ3) is 4.24. The van der Waals surface area contributed by atoms with E-state index >= 15 is 0 Å². The van der Waals surface area contributed by atoms with Gasteiger partial charge in [-0.05, 0) is 43.2 Å². The first-order valence-electron chi connectivity index (χ1n) is 6.96. The van der Waals surface area contributed by atoms with Crippen molar-refractivity contribution in [2.24, 2.45) is 0 Å². The minimum Gasteiger partial charge on any atom is -0.482 e. The van der Waals surface area contributed by atoms with Crippen molar-refractivity contribution in [1.29, 1.82) is 0 Å². The molecule has 0 aliphatic rings. The average Bonchev–Trinajstić information content (AvgIpc) is 2.48. The van der Waals surface area contributed by atoms with Crippen LogP contribution in [0.25, 0.3) is 0 Å². The number of ether oxygens (including phenoxy) is 1. The zero-order valence-corrected chi connectivity index (χ0v) is 12.3. The first kappa shape index (κ1) is 14.9. The van der Waals surface area contributed by atoms with E-state index in [4.69, 9.17) is 10.5 Å². The van der Waals surface area contributed by atoms with E-state index < -0.39 is 0 Å². The van der Waals surface area contributed by atoms with Crippen molar-refractivity contribution in [3.05, 3.63) is 53.6 Å². The average molecular weight is 284 g/mol. The lowest BCUT2D eigenvalue weighted by molar-refractivity contribution is -0.118. The number of aryl methyl sites for hydroxylation is 2. The Balaban J connectivity index is 1.90. The lowest BCUT2D eigenvalue weighted by Gasteiger charge is -2.10. The van der Waals surface area contributed by atoms with Gasteiger partial charge in [-0.2, -0.15) is 0 Å². The van der Waals surface area contributed by atoms with Crippen LogP contribution in [-0.2, 0) is 11.2 Å². The molecule has 0 fully saturated rings. The smallest absolute Gasteiger partial charge is 0.262 e. The fraction of sp³-hybridized carbons (Fsp3) is 0.235. The molecule has 0 saturated carbocycles. The SMILES string of the molecule is CCc1ccc(OCC(=O)Nc2ccc(C)cc2)c(N)c1. The van der Waals surface area contributed by atoms with Crippen molar-refractivity contribution in [3.63, 3.8) is 0 Å². The van der Waals surface area contributed by atoms with E-state index in [1.165, 1.54) is 0 Å². The molecule has 2 rings (SSSR count). The number of carbonyl (C=O) groups excluding carboxylic acids is 1. The quantitative estimate of drug-likeness (QED) is 0.829. The van der Waals surface area contributed by atoms with Gasteiger partial charge in [-0.15, -0.1) is 0 Å². The number of hydrogen-bond donors (Lipinski definition) is 2. The molecule has 0 atom stereocenters. The number of rotatable bonds is 5. The lowest BCUT2D eigenvalue weighted by Crippen LogP contribution is -2.20. The van der Waals surface area contributed by atoms with Crippen LogP contribution < -0.4 is 15.8 Å². The van der Waals surface area contributed by atoms with Gasteiger partial charge in [0, 0.05) is 5.69 Å². The zero-order valence-electron chi connectivity index (χ0n) is 12.3. The van der Waals surface area contributed by atoms with Crippen LogP contribution in [0.3, 0.4) is 0 Å². The maximum Gasteiger partial charge on any atom is 0.262 e. The van der Waals surface area contributed by atoms with Gasteiger partial charge < -0.3 is 15.8 Å². The predicted octanol–water partition coefficient (Wildman–Crippen LogP) is 3.16. The highest BCUT2D eigenvalue weighted by Crippen LogP contribution is 2.22. The summed E-state index contributed by atoms with van der Waals surface area (Å²) in [6.45, 7) is 3.99. The summed E-state index contributed by atoms with van der Waals surface area (Å²) in [6.07, 6.45) is 0.915. The number of nitrogens with one attached hydrogen (secondary N) is 1. The number of anilines is 2. The van der Waals surface area contributed by atoms with Gasteiger partial charge in [0.1, 0.15) is 5.75 Å². The van der Waals surface area contributed by atoms with Crippen LogP contribution in [0.15, 0.2) is 42.5 Å². The Morgan fingerprint density at radius 1 is 1.19 bits per heavy atom. The highest BCUT2D eigenvalue weighted by Gasteiger charge is 2.06. The van der Waals surface area contributed by atoms with E-state index in [2.05, 4.69) is 12.2 Å². The molecule has 3 N–H and O–H groups in total. The van der Waals surface area contributed by atoms with Gasteiger partial charge in [0.2, 0.25) is 0 Å². The maximum absolute atomic E-state index is 11.8. The Hall–Kier alpha value is -2.49. The summed E-state index contributed by atoms with van der Waals surface area (Å²) < 4.78 is 5.46. The van der Waals surface area contributed by atoms with Crippen LogP contribution in [0, 0.1) is 6.92 Å². The number of benzene rings is 2. The van der Waals surface area contributed by atoms with Crippen LogP contribution in [0.2, 0.25) is 0 Å². The van der Waals surface area contributed by atoms with Gasteiger partial charge in [-0.25, -0.2) is 0 Å². The Kier molecular flexibility index (Phi) is 4.82. The molecule has 2 aromatic carbocycles. The third-order valence-electron chi connectivity index (χ3n) is 3.18. The van der Waals surface area contributed by atoms with Gasteiger partial charge in [-0.3, -0.25) is 4.79 Å². The van der Waals surface area contributed by atoms with Gasteiger partial charge in [0.15, 0.2) is 6.61 Å². The largest absolute Gasteiger partial charge is 0.482 e. The molecule has 4 nitrogen and oxygen atoms in total. The molecule has 0 aliphatic carbocycles. The molecule has 0 radical (unpaired) electrons. The second-order valence-corrected chi connectivity index (χ2v) is 4.93. The summed E-state index contributed by atoms with van der Waals surface area (Å²) in [6, 6.07) is 13.2. The summed E-state index contributed by atoms with van der Waals surface area (Å²) >= 11 is 0. The van der Waals surface area contributed by atoms with E-state index in [0.29, 0.717) is 11.4 Å². The second-order valence-electron chi connectivity index (χ2n) is 4.93. The normalized spacial score (nSPS) is 10.2. The molecule has 0 bridgehead atoms. The van der Waals surface area contributed by atoms with E-state index in [9.17, 15) is 4.79 Å². The molecular formula is C17H20N2O2. The van der Waals surface area contributed by atoms with Crippen molar-refractivity contribution < 1.29 is 9.53 Å². The minimum absolute atomic E-state index is 0.0659. The van der Waals surface area contributed by atoms with Gasteiger partial charge in [0.05, 0.1) is 5.69 Å². The summed E-state index contributed by atoms with van der Waals surface area (Å²) in [5.41, 5.74) is 9.49. The van der Waals surface area contributed by atoms with Gasteiger partial charge >= 0.3 is 0 Å². The van der Waals surface area contributed by atoms with E-state index in [0.717, 1.165) is 23.2 Å². The van der Waals surface area contributed by atoms with Crippen LogP contribution >= 0.6 is 0 Å². The van der Waals surface area contributed by atoms with Gasteiger partial charge in [0.25, 0.3) is 5.91 Å². The molecule has 2 aromatic rings. The first-order chi connectivity index (χ1) is 10.1. The Morgan fingerprint density at radius 2 is 1.90 bits per heavy atom. The van der Waals surface area contributed by atoms with Crippen molar-refractivity contribution in [1.82, 2.24) is 0 Å². The Bertz CT molecular complexity index is 621. The zero-order chi connectivity index (χ0) is 15.2. The second kappa shape index (κ2) is 6.79. The number of hydrogen-bond acceptors (Lipinski definition) is 3. The van der Waals surface area contributed by atoms with Crippen molar-refractivity contribution in [2.75, 3.05) is 17.7 Å². The highest BCUT2D eigenvalue weighted by atomic mass is 16.5. The Morgan fingerprint density at radius 3 is 2.52 bits per heavy atom. The summed E-state index contributed by atoms with van der Waals surface area (Å²) in [5, 5.41) is 2.78. The molecule has 4 heteroatoms. The summed E-state index contributed by atoms with van der Waals surface area (Å²) in [5.74, 6) is 0.323. The Labute approximate surface area is 124 Å². The van der Waals surface area contributed by atoms with Gasteiger partial charge in [-0.1, -0.05) is 30.7 Å². The first-order valence-corrected chi connectivity index (χ1v) is 6.96.